The van der Waals surface area contributed by atoms with Gasteiger partial charge < -0.3 is 15.3 Å². The Labute approximate surface area is 94.3 Å². The summed E-state index contributed by atoms with van der Waals surface area (Å²) in [6.07, 6.45) is 0. The molecule has 2 N–H and O–H groups in total. The third-order valence-electron chi connectivity index (χ3n) is 2.02. The van der Waals surface area contributed by atoms with Crippen molar-refractivity contribution >= 4 is 17.6 Å². The molecule has 1 heterocycles. The predicted octanol–water partition coefficient (Wildman–Crippen LogP) is 0.736. The minimum atomic E-state index is -0.914. The summed E-state index contributed by atoms with van der Waals surface area (Å²) in [7, 11) is 3.73. The number of carboxylic acid groups (broad SMARTS) is 1. The zero-order valence-electron chi connectivity index (χ0n) is 9.85. The van der Waals surface area contributed by atoms with Crippen molar-refractivity contribution in [1.29, 1.82) is 0 Å². The lowest BCUT2D eigenvalue weighted by molar-refractivity contribution is -0.137. The Kier molecular flexibility index (Phi) is 3.65. The molecule has 6 nitrogen and oxygen atoms in total. The molecule has 6 heteroatoms. The summed E-state index contributed by atoms with van der Waals surface area (Å²) < 4.78 is 0. The molecule has 0 bridgehead atoms. The van der Waals surface area contributed by atoms with Gasteiger partial charge in [-0.25, -0.2) is 9.97 Å². The molecular weight excluding hydrogens is 208 g/mol. The van der Waals surface area contributed by atoms with Crippen LogP contribution in [-0.4, -0.2) is 41.2 Å². The molecule has 0 spiro atoms. The fraction of sp³-hybridized carbons (Fsp3) is 0.500. The number of carbonyl (C=O) groups is 1. The number of nitrogens with one attached hydrogen (secondary N) is 1. The van der Waals surface area contributed by atoms with E-state index in [1.54, 1.807) is 19.9 Å². The standard InChI is InChI=1S/C10H16N4O2/c1-6(10(15)16)11-8-5-9(14(3)4)13-7(2)12-8/h5-6H,1-4H3,(H,15,16)(H,11,12,13). The van der Waals surface area contributed by atoms with E-state index in [9.17, 15) is 4.79 Å². The highest BCUT2D eigenvalue weighted by Gasteiger charge is 2.12. The first-order valence-electron chi connectivity index (χ1n) is 4.92. The number of carboxylic acids is 1. The average molecular weight is 224 g/mol. The van der Waals surface area contributed by atoms with Gasteiger partial charge in [0.15, 0.2) is 0 Å². The predicted molar refractivity (Wildman–Crippen MR) is 61.8 cm³/mol. The molecule has 1 atom stereocenters. The van der Waals surface area contributed by atoms with Gasteiger partial charge in [0.2, 0.25) is 0 Å². The van der Waals surface area contributed by atoms with Gasteiger partial charge in [0.05, 0.1) is 0 Å². The molecule has 0 saturated carbocycles. The summed E-state index contributed by atoms with van der Waals surface area (Å²) in [5.41, 5.74) is 0. The second kappa shape index (κ2) is 4.78. The summed E-state index contributed by atoms with van der Waals surface area (Å²) in [6, 6.07) is 1.04. The molecule has 0 radical (unpaired) electrons. The Bertz CT molecular complexity index is 392. The lowest BCUT2D eigenvalue weighted by Crippen LogP contribution is -2.26. The lowest BCUT2D eigenvalue weighted by atomic mass is 10.3. The normalized spacial score (nSPS) is 12.0. The number of aliphatic carboxylic acids is 1. The Morgan fingerprint density at radius 3 is 2.62 bits per heavy atom. The smallest absolute Gasteiger partial charge is 0.325 e. The van der Waals surface area contributed by atoms with Gasteiger partial charge >= 0.3 is 5.97 Å². The molecule has 0 aliphatic heterocycles. The van der Waals surface area contributed by atoms with E-state index in [4.69, 9.17) is 5.11 Å². The molecular formula is C10H16N4O2. The quantitative estimate of drug-likeness (QED) is 0.785. The van der Waals surface area contributed by atoms with Gasteiger partial charge in [-0.05, 0) is 13.8 Å². The molecule has 1 aromatic rings. The van der Waals surface area contributed by atoms with Crippen molar-refractivity contribution in [1.82, 2.24) is 9.97 Å². The monoisotopic (exact) mass is 224 g/mol. The van der Waals surface area contributed by atoms with E-state index in [1.165, 1.54) is 0 Å². The first-order valence-corrected chi connectivity index (χ1v) is 4.92. The molecule has 16 heavy (non-hydrogen) atoms. The molecule has 0 aliphatic rings. The summed E-state index contributed by atoms with van der Waals surface area (Å²) in [6.45, 7) is 3.33. The van der Waals surface area contributed by atoms with E-state index in [2.05, 4.69) is 15.3 Å². The molecule has 0 saturated heterocycles. The van der Waals surface area contributed by atoms with Crippen molar-refractivity contribution in [2.24, 2.45) is 0 Å². The number of hydrogen-bond acceptors (Lipinski definition) is 5. The minimum Gasteiger partial charge on any atom is -0.480 e. The van der Waals surface area contributed by atoms with Crippen molar-refractivity contribution in [3.05, 3.63) is 11.9 Å². The second-order valence-electron chi connectivity index (χ2n) is 3.76. The van der Waals surface area contributed by atoms with Crippen LogP contribution in [0.15, 0.2) is 6.07 Å². The van der Waals surface area contributed by atoms with E-state index in [0.717, 1.165) is 5.82 Å². The Hall–Kier alpha value is -1.85. The summed E-state index contributed by atoms with van der Waals surface area (Å²) in [4.78, 5) is 20.9. The van der Waals surface area contributed by atoms with Crippen LogP contribution < -0.4 is 10.2 Å². The maximum absolute atomic E-state index is 10.7. The first kappa shape index (κ1) is 12.2. The molecule has 0 aliphatic carbocycles. The molecule has 1 aromatic heterocycles. The average Bonchev–Trinajstić information content (AvgIpc) is 2.16. The fourth-order valence-electron chi connectivity index (χ4n) is 1.14. The van der Waals surface area contributed by atoms with Crippen LogP contribution in [0.4, 0.5) is 11.6 Å². The topological polar surface area (TPSA) is 78.3 Å². The van der Waals surface area contributed by atoms with Gasteiger partial charge in [-0.2, -0.15) is 0 Å². The highest BCUT2D eigenvalue weighted by atomic mass is 16.4. The second-order valence-corrected chi connectivity index (χ2v) is 3.76. The molecule has 0 aromatic carbocycles. The highest BCUT2D eigenvalue weighted by molar-refractivity contribution is 5.76. The van der Waals surface area contributed by atoms with Crippen LogP contribution in [0.25, 0.3) is 0 Å². The van der Waals surface area contributed by atoms with Crippen LogP contribution in [0.2, 0.25) is 0 Å². The van der Waals surface area contributed by atoms with E-state index in [1.807, 2.05) is 19.0 Å². The van der Waals surface area contributed by atoms with E-state index in [-0.39, 0.29) is 0 Å². The highest BCUT2D eigenvalue weighted by Crippen LogP contribution is 2.14. The Morgan fingerprint density at radius 2 is 2.12 bits per heavy atom. The fourth-order valence-corrected chi connectivity index (χ4v) is 1.14. The third-order valence-corrected chi connectivity index (χ3v) is 2.02. The van der Waals surface area contributed by atoms with Crippen LogP contribution in [0.3, 0.4) is 0 Å². The van der Waals surface area contributed by atoms with Crippen molar-refractivity contribution in [3.8, 4) is 0 Å². The van der Waals surface area contributed by atoms with Gasteiger partial charge in [0, 0.05) is 20.2 Å². The van der Waals surface area contributed by atoms with Crippen LogP contribution in [0.1, 0.15) is 12.7 Å². The van der Waals surface area contributed by atoms with Crippen LogP contribution in [-0.2, 0) is 4.79 Å². The van der Waals surface area contributed by atoms with Crippen molar-refractivity contribution < 1.29 is 9.90 Å². The van der Waals surface area contributed by atoms with E-state index < -0.39 is 12.0 Å². The maximum Gasteiger partial charge on any atom is 0.325 e. The first-order chi connectivity index (χ1) is 7.40. The van der Waals surface area contributed by atoms with Gasteiger partial charge in [0.25, 0.3) is 0 Å². The van der Waals surface area contributed by atoms with Crippen LogP contribution >= 0.6 is 0 Å². The molecule has 0 amide bonds. The Morgan fingerprint density at radius 1 is 1.50 bits per heavy atom. The van der Waals surface area contributed by atoms with Gasteiger partial charge in [0.1, 0.15) is 23.5 Å². The zero-order valence-corrected chi connectivity index (χ0v) is 9.85. The van der Waals surface area contributed by atoms with Gasteiger partial charge in [-0.1, -0.05) is 0 Å². The molecule has 1 unspecified atom stereocenters. The van der Waals surface area contributed by atoms with Crippen molar-refractivity contribution in [2.75, 3.05) is 24.3 Å². The van der Waals surface area contributed by atoms with E-state index in [0.29, 0.717) is 11.6 Å². The number of hydrogen-bond donors (Lipinski definition) is 2. The van der Waals surface area contributed by atoms with Crippen molar-refractivity contribution in [2.45, 2.75) is 19.9 Å². The van der Waals surface area contributed by atoms with Crippen LogP contribution in [0, 0.1) is 6.92 Å². The zero-order chi connectivity index (χ0) is 12.3. The SMILES string of the molecule is Cc1nc(NC(C)C(=O)O)cc(N(C)C)n1. The summed E-state index contributed by atoms with van der Waals surface area (Å²) in [5.74, 6) is 0.952. The molecule has 0 fully saturated rings. The maximum atomic E-state index is 10.7. The van der Waals surface area contributed by atoms with Crippen molar-refractivity contribution in [3.63, 3.8) is 0 Å². The largest absolute Gasteiger partial charge is 0.480 e. The summed E-state index contributed by atoms with van der Waals surface area (Å²) in [5, 5.41) is 11.6. The lowest BCUT2D eigenvalue weighted by Gasteiger charge is -2.15. The van der Waals surface area contributed by atoms with Gasteiger partial charge in [-0.15, -0.1) is 0 Å². The van der Waals surface area contributed by atoms with E-state index >= 15 is 0 Å². The molecule has 88 valence electrons. The summed E-state index contributed by atoms with van der Waals surface area (Å²) >= 11 is 0. The van der Waals surface area contributed by atoms with Gasteiger partial charge in [-0.3, -0.25) is 4.79 Å². The Balaban J connectivity index is 2.92. The molecule has 1 rings (SSSR count). The number of aryl methyl sites for hydroxylation is 1. The minimum absolute atomic E-state index is 0.520. The number of nitrogens with zero attached hydrogens (tertiary/aromatic N) is 3. The number of rotatable bonds is 4. The number of aromatic nitrogens is 2. The number of anilines is 2. The van der Waals surface area contributed by atoms with Crippen LogP contribution in [0.5, 0.6) is 0 Å². The third kappa shape index (κ3) is 3.08.